The van der Waals surface area contributed by atoms with Gasteiger partial charge in [-0.25, -0.2) is 0 Å². The highest BCUT2D eigenvalue weighted by molar-refractivity contribution is 7.10. The van der Waals surface area contributed by atoms with E-state index < -0.39 is 0 Å². The second kappa shape index (κ2) is 8.77. The van der Waals surface area contributed by atoms with Crippen LogP contribution >= 0.6 is 22.7 Å². The fourth-order valence-electron chi connectivity index (χ4n) is 2.08. The summed E-state index contributed by atoms with van der Waals surface area (Å²) >= 11 is 3.31. The van der Waals surface area contributed by atoms with E-state index in [1.165, 1.54) is 4.88 Å². The zero-order valence-electron chi connectivity index (χ0n) is 11.7. The van der Waals surface area contributed by atoms with Crippen LogP contribution < -0.4 is 5.32 Å². The average molecular weight is 321 g/mol. The summed E-state index contributed by atoms with van der Waals surface area (Å²) in [6.07, 6.45) is 4.98. The van der Waals surface area contributed by atoms with Gasteiger partial charge in [-0.15, -0.1) is 22.7 Å². The molecule has 1 atom stereocenters. The average Bonchev–Trinajstić information content (AvgIpc) is 3.17. The van der Waals surface area contributed by atoms with Gasteiger partial charge in [-0.3, -0.25) is 4.79 Å². The van der Waals surface area contributed by atoms with Gasteiger partial charge in [0.15, 0.2) is 0 Å². The zero-order valence-corrected chi connectivity index (χ0v) is 13.3. The van der Waals surface area contributed by atoms with Crippen LogP contribution in [0.25, 0.3) is 6.08 Å². The molecule has 0 saturated carbocycles. The van der Waals surface area contributed by atoms with Gasteiger partial charge in [0.25, 0.3) is 0 Å². The van der Waals surface area contributed by atoms with Gasteiger partial charge in [-0.05, 0) is 47.7 Å². The lowest BCUT2D eigenvalue weighted by Crippen LogP contribution is -2.23. The predicted octanol–water partition coefficient (Wildman–Crippen LogP) is 3.50. The molecule has 0 aliphatic carbocycles. The number of hydrogen-bond acceptors (Lipinski definition) is 4. The highest BCUT2D eigenvalue weighted by Crippen LogP contribution is 2.26. The maximum absolute atomic E-state index is 11.7. The third-order valence-corrected chi connectivity index (χ3v) is 5.03. The Hall–Kier alpha value is -1.43. The monoisotopic (exact) mass is 321 g/mol. The van der Waals surface area contributed by atoms with E-state index in [1.54, 1.807) is 28.7 Å². The minimum atomic E-state index is -0.0719. The van der Waals surface area contributed by atoms with Gasteiger partial charge in [-0.1, -0.05) is 12.1 Å². The van der Waals surface area contributed by atoms with E-state index in [0.29, 0.717) is 12.5 Å². The molecule has 1 amide bonds. The molecule has 0 aromatic carbocycles. The number of thiophene rings is 2. The van der Waals surface area contributed by atoms with Crippen molar-refractivity contribution in [1.82, 2.24) is 5.32 Å². The van der Waals surface area contributed by atoms with Gasteiger partial charge >= 0.3 is 0 Å². The number of amides is 1. The van der Waals surface area contributed by atoms with E-state index in [4.69, 9.17) is 5.11 Å². The van der Waals surface area contributed by atoms with Crippen molar-refractivity contribution >= 4 is 34.7 Å². The molecular weight excluding hydrogens is 302 g/mol. The summed E-state index contributed by atoms with van der Waals surface area (Å²) in [6.45, 7) is 0.797. The Morgan fingerprint density at radius 2 is 2.05 bits per heavy atom. The molecule has 0 saturated heterocycles. The molecule has 0 aliphatic heterocycles. The van der Waals surface area contributed by atoms with Crippen LogP contribution in [0.2, 0.25) is 0 Å². The highest BCUT2D eigenvalue weighted by Gasteiger charge is 2.12. The van der Waals surface area contributed by atoms with Gasteiger partial charge in [0.1, 0.15) is 0 Å². The van der Waals surface area contributed by atoms with E-state index in [-0.39, 0.29) is 12.5 Å². The molecule has 2 N–H and O–H groups in total. The van der Waals surface area contributed by atoms with Crippen molar-refractivity contribution in [2.75, 3.05) is 13.2 Å². The number of nitrogens with one attached hydrogen (secondary N) is 1. The first-order valence-electron chi connectivity index (χ1n) is 6.93. The van der Waals surface area contributed by atoms with E-state index >= 15 is 0 Å². The Morgan fingerprint density at radius 1 is 1.24 bits per heavy atom. The number of aliphatic hydroxyl groups is 1. The highest BCUT2D eigenvalue weighted by atomic mass is 32.1. The van der Waals surface area contributed by atoms with E-state index in [1.807, 2.05) is 35.0 Å². The van der Waals surface area contributed by atoms with Crippen molar-refractivity contribution < 1.29 is 9.90 Å². The first kappa shape index (κ1) is 15.9. The minimum absolute atomic E-state index is 0.0719. The first-order valence-corrected chi connectivity index (χ1v) is 8.69. The molecule has 0 radical (unpaired) electrons. The lowest BCUT2D eigenvalue weighted by Gasteiger charge is -2.14. The smallest absolute Gasteiger partial charge is 0.244 e. The van der Waals surface area contributed by atoms with Crippen molar-refractivity contribution in [1.29, 1.82) is 0 Å². The lowest BCUT2D eigenvalue weighted by atomic mass is 10.00. The molecule has 2 heterocycles. The molecule has 2 rings (SSSR count). The summed E-state index contributed by atoms with van der Waals surface area (Å²) in [5.41, 5.74) is 0. The Morgan fingerprint density at radius 3 is 2.71 bits per heavy atom. The summed E-state index contributed by atoms with van der Waals surface area (Å²) in [5, 5.41) is 16.1. The van der Waals surface area contributed by atoms with Crippen LogP contribution in [-0.2, 0) is 4.79 Å². The summed E-state index contributed by atoms with van der Waals surface area (Å²) in [6, 6.07) is 8.04. The quantitative estimate of drug-likeness (QED) is 0.731. The van der Waals surface area contributed by atoms with Crippen LogP contribution in [0.3, 0.4) is 0 Å². The second-order valence-corrected chi connectivity index (χ2v) is 6.61. The van der Waals surface area contributed by atoms with Crippen LogP contribution in [0, 0.1) is 0 Å². The molecule has 0 bridgehead atoms. The molecule has 1 unspecified atom stereocenters. The molecule has 21 heavy (non-hydrogen) atoms. The third-order valence-electron chi connectivity index (χ3n) is 3.16. The Balaban J connectivity index is 1.75. The van der Waals surface area contributed by atoms with E-state index in [2.05, 4.69) is 11.4 Å². The molecule has 0 aliphatic rings. The fourth-order valence-corrected chi connectivity index (χ4v) is 3.60. The van der Waals surface area contributed by atoms with Crippen LogP contribution in [-0.4, -0.2) is 24.2 Å². The van der Waals surface area contributed by atoms with Gasteiger partial charge < -0.3 is 10.4 Å². The summed E-state index contributed by atoms with van der Waals surface area (Å²) in [4.78, 5) is 14.1. The molecule has 3 nitrogen and oxygen atoms in total. The largest absolute Gasteiger partial charge is 0.396 e. The van der Waals surface area contributed by atoms with Crippen LogP contribution in [0.15, 0.2) is 41.1 Å². The lowest BCUT2D eigenvalue weighted by molar-refractivity contribution is -0.116. The topological polar surface area (TPSA) is 49.3 Å². The molecule has 2 aromatic rings. The molecule has 0 fully saturated rings. The normalized spacial score (nSPS) is 12.6. The first-order chi connectivity index (χ1) is 10.3. The molecule has 0 spiro atoms. The van der Waals surface area contributed by atoms with Crippen LogP contribution in [0.4, 0.5) is 0 Å². The SMILES string of the molecule is O=C(C=Cc1cccs1)NCCC(CCO)c1cccs1. The number of carbonyl (C=O) groups excluding carboxylic acids is 1. The molecule has 112 valence electrons. The van der Waals surface area contributed by atoms with Crippen molar-refractivity contribution in [2.45, 2.75) is 18.8 Å². The summed E-state index contributed by atoms with van der Waals surface area (Å²) in [7, 11) is 0. The van der Waals surface area contributed by atoms with Crippen molar-refractivity contribution in [2.24, 2.45) is 0 Å². The van der Waals surface area contributed by atoms with E-state index in [0.717, 1.165) is 17.7 Å². The van der Waals surface area contributed by atoms with E-state index in [9.17, 15) is 4.79 Å². The number of carbonyl (C=O) groups is 1. The maximum atomic E-state index is 11.7. The standard InChI is InChI=1S/C16H19NO2S2/c18-10-8-13(15-4-2-12-21-15)7-9-17-16(19)6-5-14-3-1-11-20-14/h1-6,11-13,18H,7-10H2,(H,17,19). The third kappa shape index (κ3) is 5.46. The number of hydrogen-bond donors (Lipinski definition) is 2. The summed E-state index contributed by atoms with van der Waals surface area (Å²) in [5.74, 6) is 0.244. The predicted molar refractivity (Wildman–Crippen MR) is 89.7 cm³/mol. The molecule has 2 aromatic heterocycles. The Labute approximate surface area is 133 Å². The minimum Gasteiger partial charge on any atom is -0.396 e. The number of rotatable bonds is 8. The van der Waals surface area contributed by atoms with Gasteiger partial charge in [0.05, 0.1) is 0 Å². The van der Waals surface area contributed by atoms with Crippen LogP contribution in [0.1, 0.15) is 28.5 Å². The zero-order chi connectivity index (χ0) is 14.9. The fraction of sp³-hybridized carbons (Fsp3) is 0.312. The van der Waals surface area contributed by atoms with Gasteiger partial charge in [-0.2, -0.15) is 0 Å². The Bertz CT molecular complexity index is 547. The van der Waals surface area contributed by atoms with Gasteiger partial charge in [0, 0.05) is 29.0 Å². The molecular formula is C16H19NO2S2. The van der Waals surface area contributed by atoms with Gasteiger partial charge in [0.2, 0.25) is 5.91 Å². The Kier molecular flexibility index (Phi) is 6.66. The number of aliphatic hydroxyl groups excluding tert-OH is 1. The van der Waals surface area contributed by atoms with Crippen molar-refractivity contribution in [3.05, 3.63) is 50.9 Å². The van der Waals surface area contributed by atoms with Crippen molar-refractivity contribution in [3.8, 4) is 0 Å². The molecule has 5 heteroatoms. The summed E-state index contributed by atoms with van der Waals surface area (Å²) < 4.78 is 0. The van der Waals surface area contributed by atoms with Crippen LogP contribution in [0.5, 0.6) is 0 Å². The van der Waals surface area contributed by atoms with Crippen molar-refractivity contribution in [3.63, 3.8) is 0 Å². The second-order valence-electron chi connectivity index (χ2n) is 4.65. The maximum Gasteiger partial charge on any atom is 0.244 e.